The second kappa shape index (κ2) is 6.90. The van der Waals surface area contributed by atoms with E-state index in [-0.39, 0.29) is 12.1 Å². The van der Waals surface area contributed by atoms with Gasteiger partial charge in [0.2, 0.25) is 10.0 Å². The molecule has 2 N–H and O–H groups in total. The van der Waals surface area contributed by atoms with Gasteiger partial charge in [-0.25, -0.2) is 13.1 Å². The van der Waals surface area contributed by atoms with E-state index in [1.807, 2.05) is 20.0 Å². The van der Waals surface area contributed by atoms with Crippen molar-refractivity contribution in [1.29, 1.82) is 0 Å². The van der Waals surface area contributed by atoms with E-state index < -0.39 is 10.0 Å². The van der Waals surface area contributed by atoms with Crippen molar-refractivity contribution in [3.63, 3.8) is 0 Å². The number of nitrogens with one attached hydrogen (secondary N) is 2. The van der Waals surface area contributed by atoms with Gasteiger partial charge in [0.05, 0.1) is 4.90 Å². The summed E-state index contributed by atoms with van der Waals surface area (Å²) in [5.41, 5.74) is 0.984. The minimum Gasteiger partial charge on any atom is -0.313 e. The molecule has 0 aromatic heterocycles. The van der Waals surface area contributed by atoms with Gasteiger partial charge in [0, 0.05) is 12.1 Å². The lowest BCUT2D eigenvalue weighted by Gasteiger charge is -2.26. The number of hydrogen-bond acceptors (Lipinski definition) is 3. The molecule has 0 radical (unpaired) electrons. The molecule has 1 saturated carbocycles. The van der Waals surface area contributed by atoms with Crippen molar-refractivity contribution < 1.29 is 8.42 Å². The van der Waals surface area contributed by atoms with E-state index in [4.69, 9.17) is 0 Å². The zero-order chi connectivity index (χ0) is 15.5. The molecule has 1 aliphatic rings. The molecule has 1 fully saturated rings. The van der Waals surface area contributed by atoms with E-state index in [0.29, 0.717) is 10.8 Å². The van der Waals surface area contributed by atoms with E-state index in [2.05, 4.69) is 17.0 Å². The van der Waals surface area contributed by atoms with E-state index in [9.17, 15) is 8.42 Å². The second-order valence-electron chi connectivity index (χ2n) is 6.16. The topological polar surface area (TPSA) is 58.2 Å². The monoisotopic (exact) mass is 310 g/mol. The van der Waals surface area contributed by atoms with Gasteiger partial charge < -0.3 is 5.32 Å². The maximum Gasteiger partial charge on any atom is 0.240 e. The average Bonchev–Trinajstić information content (AvgIpc) is 2.49. The van der Waals surface area contributed by atoms with Crippen LogP contribution in [0.1, 0.15) is 51.1 Å². The van der Waals surface area contributed by atoms with Crippen LogP contribution >= 0.6 is 0 Å². The first-order chi connectivity index (χ1) is 9.92. The zero-order valence-corrected chi connectivity index (χ0v) is 13.9. The first-order valence-corrected chi connectivity index (χ1v) is 9.20. The standard InChI is InChI=1S/C16H26N2O2S/c1-12-7-9-15(10-8-12)18-21(19,20)16-6-4-5-14(11-16)13(2)17-3/h4-6,11-13,15,17-18H,7-10H2,1-3H3. The first-order valence-electron chi connectivity index (χ1n) is 7.72. The molecule has 1 unspecified atom stereocenters. The molecule has 0 heterocycles. The maximum atomic E-state index is 12.5. The molecule has 118 valence electrons. The summed E-state index contributed by atoms with van der Waals surface area (Å²) in [6.07, 6.45) is 4.08. The number of sulfonamides is 1. The van der Waals surface area contributed by atoms with Gasteiger partial charge in [0.15, 0.2) is 0 Å². The lowest BCUT2D eigenvalue weighted by molar-refractivity contribution is 0.332. The SMILES string of the molecule is CNC(C)c1cccc(S(=O)(=O)NC2CCC(C)CC2)c1. The van der Waals surface area contributed by atoms with Crippen LogP contribution in [0.2, 0.25) is 0 Å². The molecule has 0 saturated heterocycles. The van der Waals surface area contributed by atoms with Crippen LogP contribution in [0.15, 0.2) is 29.2 Å². The number of rotatable bonds is 5. The first kappa shape index (κ1) is 16.5. The summed E-state index contributed by atoms with van der Waals surface area (Å²) in [5, 5.41) is 3.13. The van der Waals surface area contributed by atoms with Crippen molar-refractivity contribution >= 4 is 10.0 Å². The van der Waals surface area contributed by atoms with Crippen LogP contribution in [0.3, 0.4) is 0 Å². The van der Waals surface area contributed by atoms with Gasteiger partial charge in [0.25, 0.3) is 0 Å². The smallest absolute Gasteiger partial charge is 0.240 e. The van der Waals surface area contributed by atoms with Crippen molar-refractivity contribution in [3.8, 4) is 0 Å². The molecular formula is C16H26N2O2S. The predicted molar refractivity (Wildman–Crippen MR) is 85.7 cm³/mol. The lowest BCUT2D eigenvalue weighted by Crippen LogP contribution is -2.37. The molecule has 2 rings (SSSR count). The van der Waals surface area contributed by atoms with E-state index in [1.165, 1.54) is 0 Å². The minimum atomic E-state index is -3.42. The van der Waals surface area contributed by atoms with Crippen molar-refractivity contribution in [2.24, 2.45) is 5.92 Å². The normalized spacial score (nSPS) is 24.7. The Morgan fingerprint density at radius 1 is 1.19 bits per heavy atom. The van der Waals surface area contributed by atoms with E-state index in [0.717, 1.165) is 31.2 Å². The molecule has 1 aromatic carbocycles. The van der Waals surface area contributed by atoms with Gasteiger partial charge in [-0.1, -0.05) is 19.1 Å². The molecule has 0 bridgehead atoms. The average molecular weight is 310 g/mol. The summed E-state index contributed by atoms with van der Waals surface area (Å²) >= 11 is 0. The highest BCUT2D eigenvalue weighted by Gasteiger charge is 2.24. The fourth-order valence-corrected chi connectivity index (χ4v) is 4.14. The Labute approximate surface area is 128 Å². The van der Waals surface area contributed by atoms with E-state index >= 15 is 0 Å². The van der Waals surface area contributed by atoms with Gasteiger partial charge in [-0.2, -0.15) is 0 Å². The molecule has 1 aromatic rings. The molecule has 4 nitrogen and oxygen atoms in total. The summed E-state index contributed by atoms with van der Waals surface area (Å²) < 4.78 is 27.9. The van der Waals surface area contributed by atoms with Crippen LogP contribution in [-0.4, -0.2) is 21.5 Å². The highest BCUT2D eigenvalue weighted by molar-refractivity contribution is 7.89. The number of hydrogen-bond donors (Lipinski definition) is 2. The van der Waals surface area contributed by atoms with Crippen LogP contribution in [0, 0.1) is 5.92 Å². The van der Waals surface area contributed by atoms with Gasteiger partial charge in [-0.15, -0.1) is 0 Å². The maximum absolute atomic E-state index is 12.5. The Morgan fingerprint density at radius 2 is 1.86 bits per heavy atom. The molecule has 1 atom stereocenters. The zero-order valence-electron chi connectivity index (χ0n) is 13.1. The Morgan fingerprint density at radius 3 is 2.48 bits per heavy atom. The van der Waals surface area contributed by atoms with Crippen molar-refractivity contribution in [1.82, 2.24) is 10.0 Å². The predicted octanol–water partition coefficient (Wildman–Crippen LogP) is 2.82. The van der Waals surface area contributed by atoms with Gasteiger partial charge in [0.1, 0.15) is 0 Å². The Kier molecular flexibility index (Phi) is 5.41. The molecule has 5 heteroatoms. The third kappa shape index (κ3) is 4.28. The van der Waals surface area contributed by atoms with Gasteiger partial charge >= 0.3 is 0 Å². The fourth-order valence-electron chi connectivity index (χ4n) is 2.78. The lowest BCUT2D eigenvalue weighted by atomic mass is 9.88. The fraction of sp³-hybridized carbons (Fsp3) is 0.625. The van der Waals surface area contributed by atoms with Crippen LogP contribution < -0.4 is 10.0 Å². The molecule has 0 amide bonds. The Hall–Kier alpha value is -0.910. The summed E-state index contributed by atoms with van der Waals surface area (Å²) in [6.45, 7) is 4.25. The quantitative estimate of drug-likeness (QED) is 0.879. The molecular weight excluding hydrogens is 284 g/mol. The molecule has 21 heavy (non-hydrogen) atoms. The van der Waals surface area contributed by atoms with Crippen LogP contribution in [0.4, 0.5) is 0 Å². The van der Waals surface area contributed by atoms with Gasteiger partial charge in [-0.05, 0) is 63.3 Å². The summed E-state index contributed by atoms with van der Waals surface area (Å²) in [6, 6.07) is 7.39. The Balaban J connectivity index is 2.12. The number of benzene rings is 1. The third-order valence-corrected chi connectivity index (χ3v) is 5.96. The Bertz CT molecular complexity index is 563. The highest BCUT2D eigenvalue weighted by atomic mass is 32.2. The highest BCUT2D eigenvalue weighted by Crippen LogP contribution is 2.25. The largest absolute Gasteiger partial charge is 0.313 e. The van der Waals surface area contributed by atoms with Crippen molar-refractivity contribution in [3.05, 3.63) is 29.8 Å². The third-order valence-electron chi connectivity index (χ3n) is 4.44. The van der Waals surface area contributed by atoms with Crippen molar-refractivity contribution in [2.45, 2.75) is 56.5 Å². The summed E-state index contributed by atoms with van der Waals surface area (Å²) in [4.78, 5) is 0.362. The van der Waals surface area contributed by atoms with Crippen LogP contribution in [-0.2, 0) is 10.0 Å². The van der Waals surface area contributed by atoms with Crippen LogP contribution in [0.25, 0.3) is 0 Å². The molecule has 1 aliphatic carbocycles. The van der Waals surface area contributed by atoms with Crippen molar-refractivity contribution in [2.75, 3.05) is 7.05 Å². The molecule has 0 spiro atoms. The summed E-state index contributed by atoms with van der Waals surface area (Å²) in [7, 11) is -1.55. The van der Waals surface area contributed by atoms with Crippen LogP contribution in [0.5, 0.6) is 0 Å². The minimum absolute atomic E-state index is 0.0802. The molecule has 0 aliphatic heterocycles. The van der Waals surface area contributed by atoms with Gasteiger partial charge in [-0.3, -0.25) is 0 Å². The second-order valence-corrected chi connectivity index (χ2v) is 7.87. The van der Waals surface area contributed by atoms with E-state index in [1.54, 1.807) is 18.2 Å². The summed E-state index contributed by atoms with van der Waals surface area (Å²) in [5.74, 6) is 0.713.